The number of hydrogen-bond acceptors (Lipinski definition) is 3. The Morgan fingerprint density at radius 1 is 0.549 bits per heavy atom. The van der Waals surface area contributed by atoms with Crippen LogP contribution in [0.5, 0.6) is 0 Å². The van der Waals surface area contributed by atoms with Gasteiger partial charge in [0.05, 0.1) is 16.6 Å². The second kappa shape index (κ2) is 9.97. The molecule has 0 bridgehead atoms. The fourth-order valence-electron chi connectivity index (χ4n) is 9.29. The smallest absolute Gasteiger partial charge is 0.217 e. The Bertz CT molecular complexity index is 2830. The van der Waals surface area contributed by atoms with Gasteiger partial charge in [0.2, 0.25) is 5.90 Å². The molecule has 0 amide bonds. The van der Waals surface area contributed by atoms with E-state index < -0.39 is 11.1 Å². The summed E-state index contributed by atoms with van der Waals surface area (Å²) in [6.45, 7) is 15.6. The Morgan fingerprint density at radius 3 is 2.02 bits per heavy atom. The lowest BCUT2D eigenvalue weighted by molar-refractivity contribution is -0.0136. The third-order valence-corrected chi connectivity index (χ3v) is 12.3. The Hall–Kier alpha value is -5.68. The van der Waals surface area contributed by atoms with E-state index in [1.807, 2.05) is 12.3 Å². The van der Waals surface area contributed by atoms with Crippen molar-refractivity contribution in [2.24, 2.45) is 4.99 Å². The number of aliphatic imine (C=N–C) groups is 1. The highest BCUT2D eigenvalue weighted by Crippen LogP contribution is 2.61. The summed E-state index contributed by atoms with van der Waals surface area (Å²) in [4.78, 5) is 10.3. The van der Waals surface area contributed by atoms with Gasteiger partial charge in [-0.25, -0.2) is 9.98 Å². The molecule has 8 aromatic rings. The van der Waals surface area contributed by atoms with E-state index in [-0.39, 0.29) is 5.41 Å². The van der Waals surface area contributed by atoms with E-state index in [1.54, 1.807) is 0 Å². The van der Waals surface area contributed by atoms with E-state index >= 15 is 0 Å². The molecule has 51 heavy (non-hydrogen) atoms. The molecule has 10 rings (SSSR count). The van der Waals surface area contributed by atoms with E-state index in [1.165, 1.54) is 43.9 Å². The maximum Gasteiger partial charge on any atom is 0.217 e. The molecular weight excluding hydrogens is 625 g/mol. The second-order valence-corrected chi connectivity index (χ2v) is 15.6. The number of aryl methyl sites for hydroxylation is 3. The summed E-state index contributed by atoms with van der Waals surface area (Å²) in [6.07, 6.45) is 1.89. The zero-order valence-electron chi connectivity index (χ0n) is 30.2. The lowest BCUT2D eigenvalue weighted by atomic mass is 9.71. The van der Waals surface area contributed by atoms with Gasteiger partial charge in [-0.2, -0.15) is 0 Å². The van der Waals surface area contributed by atoms with Crippen LogP contribution in [0.3, 0.4) is 0 Å². The van der Waals surface area contributed by atoms with Crippen molar-refractivity contribution in [3.63, 3.8) is 0 Å². The van der Waals surface area contributed by atoms with E-state index in [0.717, 1.165) is 44.6 Å². The van der Waals surface area contributed by atoms with Gasteiger partial charge in [0.15, 0.2) is 0 Å². The maximum absolute atomic E-state index is 7.07. The van der Waals surface area contributed by atoms with Crippen molar-refractivity contribution in [1.82, 2.24) is 14.1 Å². The second-order valence-electron chi connectivity index (χ2n) is 15.6. The summed E-state index contributed by atoms with van der Waals surface area (Å²) in [6, 6.07) is 40.0. The molecule has 0 fully saturated rings. The number of benzene rings is 5. The monoisotopic (exact) mass is 664 g/mol. The van der Waals surface area contributed by atoms with Crippen molar-refractivity contribution in [2.75, 3.05) is 0 Å². The van der Waals surface area contributed by atoms with Crippen molar-refractivity contribution >= 4 is 49.6 Å². The average molecular weight is 665 g/mol. The predicted molar refractivity (Wildman–Crippen MR) is 210 cm³/mol. The molecule has 250 valence electrons. The molecular formula is C46H40N4O. The van der Waals surface area contributed by atoms with Crippen LogP contribution in [-0.4, -0.2) is 25.6 Å². The van der Waals surface area contributed by atoms with Gasteiger partial charge in [0.1, 0.15) is 16.8 Å². The summed E-state index contributed by atoms with van der Waals surface area (Å²) >= 11 is 0. The summed E-state index contributed by atoms with van der Waals surface area (Å²) in [5, 5.41) is 4.82. The van der Waals surface area contributed by atoms with Crippen LogP contribution in [0.2, 0.25) is 0 Å². The van der Waals surface area contributed by atoms with Crippen molar-refractivity contribution in [3.8, 4) is 11.4 Å². The van der Waals surface area contributed by atoms with Crippen LogP contribution in [0.15, 0.2) is 120 Å². The normalized spacial score (nSPS) is 20.6. The van der Waals surface area contributed by atoms with E-state index in [2.05, 4.69) is 161 Å². The number of aromatic nitrogens is 3. The molecule has 2 atom stereocenters. The molecule has 5 nitrogen and oxygen atoms in total. The molecule has 0 N–H and O–H groups in total. The zero-order chi connectivity index (χ0) is 35.0. The van der Waals surface area contributed by atoms with Crippen molar-refractivity contribution in [3.05, 3.63) is 149 Å². The Morgan fingerprint density at radius 2 is 1.25 bits per heavy atom. The van der Waals surface area contributed by atoms with Crippen LogP contribution in [0.1, 0.15) is 61.1 Å². The summed E-state index contributed by atoms with van der Waals surface area (Å²) in [7, 11) is 0. The minimum absolute atomic E-state index is 0.224. The van der Waals surface area contributed by atoms with Crippen molar-refractivity contribution in [2.45, 2.75) is 65.0 Å². The number of fused-ring (bicyclic) bond motifs is 9. The number of ether oxygens (including phenoxy) is 1. The largest absolute Gasteiger partial charge is 0.467 e. The quantitative estimate of drug-likeness (QED) is 0.189. The molecule has 0 radical (unpaired) electrons. The topological polar surface area (TPSA) is 44.3 Å². The summed E-state index contributed by atoms with van der Waals surface area (Å²) < 4.78 is 11.8. The molecule has 4 heterocycles. The minimum atomic E-state index is -0.531. The van der Waals surface area contributed by atoms with Crippen molar-refractivity contribution < 1.29 is 4.74 Å². The standard InChI is InChI=1S/C46H40N4O/c1-27-14-18-39-35(23-27)33-17-16-31(50-40-19-15-28(2)24-36(40)34-11-10-20-47-42(34)50)26-41(33)49(39)32-22-29(3)21-30(25-32)43-48-45(6)38-13-9-8-12-37(38)44(4,5)46(45,7)51-43/h8-26H,1-7H3/t45-,46+/m1/s1. The Kier molecular flexibility index (Phi) is 5.90. The van der Waals surface area contributed by atoms with Gasteiger partial charge >= 0.3 is 0 Å². The van der Waals surface area contributed by atoms with E-state index in [0.29, 0.717) is 5.90 Å². The molecule has 0 unspecified atom stereocenters. The van der Waals surface area contributed by atoms with Crippen LogP contribution in [-0.2, 0) is 15.7 Å². The molecule has 1 aliphatic heterocycles. The van der Waals surface area contributed by atoms with Crippen LogP contribution >= 0.6 is 0 Å². The molecule has 0 saturated carbocycles. The van der Waals surface area contributed by atoms with Gasteiger partial charge in [-0.05, 0) is 118 Å². The van der Waals surface area contributed by atoms with Gasteiger partial charge in [-0.3, -0.25) is 4.57 Å². The first kappa shape index (κ1) is 30.2. The highest BCUT2D eigenvalue weighted by Gasteiger charge is 2.67. The third kappa shape index (κ3) is 3.86. The first-order valence-corrected chi connectivity index (χ1v) is 17.9. The number of pyridine rings is 1. The maximum atomic E-state index is 7.07. The lowest BCUT2D eigenvalue weighted by Gasteiger charge is -2.41. The van der Waals surface area contributed by atoms with E-state index in [9.17, 15) is 0 Å². The minimum Gasteiger partial charge on any atom is -0.467 e. The molecule has 0 spiro atoms. The van der Waals surface area contributed by atoms with Gasteiger partial charge in [0.25, 0.3) is 0 Å². The molecule has 2 aliphatic rings. The number of rotatable bonds is 3. The number of nitrogens with zero attached hydrogens (tertiary/aromatic N) is 4. The van der Waals surface area contributed by atoms with Gasteiger partial charge in [-0.1, -0.05) is 67.4 Å². The van der Waals surface area contributed by atoms with Crippen molar-refractivity contribution in [1.29, 1.82) is 0 Å². The van der Waals surface area contributed by atoms with Crippen LogP contribution < -0.4 is 0 Å². The zero-order valence-corrected chi connectivity index (χ0v) is 30.2. The first-order valence-electron chi connectivity index (χ1n) is 17.9. The van der Waals surface area contributed by atoms with Crippen LogP contribution in [0.4, 0.5) is 0 Å². The highest BCUT2D eigenvalue weighted by molar-refractivity contribution is 6.12. The predicted octanol–water partition coefficient (Wildman–Crippen LogP) is 10.9. The lowest BCUT2D eigenvalue weighted by Crippen LogP contribution is -2.51. The van der Waals surface area contributed by atoms with Crippen LogP contribution in [0, 0.1) is 20.8 Å². The van der Waals surface area contributed by atoms with Gasteiger partial charge < -0.3 is 9.30 Å². The number of hydrogen-bond donors (Lipinski definition) is 0. The fraction of sp³-hybridized carbons (Fsp3) is 0.217. The molecule has 0 saturated heterocycles. The molecule has 1 aliphatic carbocycles. The van der Waals surface area contributed by atoms with E-state index in [4.69, 9.17) is 14.7 Å². The first-order chi connectivity index (χ1) is 24.5. The fourth-order valence-corrected chi connectivity index (χ4v) is 9.29. The summed E-state index contributed by atoms with van der Waals surface area (Å²) in [5.41, 5.74) is 12.5. The Balaban J connectivity index is 1.20. The highest BCUT2D eigenvalue weighted by atomic mass is 16.5. The van der Waals surface area contributed by atoms with Gasteiger partial charge in [-0.15, -0.1) is 0 Å². The summed E-state index contributed by atoms with van der Waals surface area (Å²) in [5.74, 6) is 0.705. The SMILES string of the molecule is Cc1cc(C2=N[C@]3(C)c4ccccc4C(C)(C)[C@]3(C)O2)cc(-n2c3ccc(C)cc3c3ccc(-n4c5ccc(C)cc5c5cccnc54)cc32)c1. The molecule has 5 heteroatoms. The molecule has 5 aromatic carbocycles. The van der Waals surface area contributed by atoms with Crippen LogP contribution in [0.25, 0.3) is 55.1 Å². The Labute approximate surface area is 297 Å². The van der Waals surface area contributed by atoms with Gasteiger partial charge in [0, 0.05) is 50.1 Å². The molecule has 3 aromatic heterocycles. The third-order valence-electron chi connectivity index (χ3n) is 12.3. The average Bonchev–Trinajstić information content (AvgIpc) is 3.75.